The highest BCUT2D eigenvalue weighted by Crippen LogP contribution is 2.36. The standard InChI is InChI=1S/C22H30F4N4O2/c23-17-6-5-16(22(24,25)26)13-18(17)30-11-9-29(10-12-30)8-7-14-1-3-15(4-2-14)19(20(27)31)21(28)32/h5-6,13-15,19H,1-4,7-12H2,(H2,27,31)(H2,28,32). The van der Waals surface area contributed by atoms with Crippen molar-refractivity contribution in [3.05, 3.63) is 29.6 Å². The number of carbonyl (C=O) groups is 2. The molecule has 2 fully saturated rings. The minimum absolute atomic E-state index is 0.00347. The van der Waals surface area contributed by atoms with E-state index in [1.165, 1.54) is 0 Å². The minimum Gasteiger partial charge on any atom is -0.369 e. The highest BCUT2D eigenvalue weighted by atomic mass is 19.4. The fourth-order valence-electron chi connectivity index (χ4n) is 4.92. The number of hydrogen-bond donors (Lipinski definition) is 2. The number of benzene rings is 1. The van der Waals surface area contributed by atoms with Gasteiger partial charge in [-0.25, -0.2) is 4.39 Å². The zero-order valence-corrected chi connectivity index (χ0v) is 17.9. The second kappa shape index (κ2) is 10.1. The van der Waals surface area contributed by atoms with E-state index >= 15 is 0 Å². The number of alkyl halides is 3. The number of piperazine rings is 1. The largest absolute Gasteiger partial charge is 0.416 e. The molecular formula is C22H30F4N4O2. The molecule has 1 saturated carbocycles. The summed E-state index contributed by atoms with van der Waals surface area (Å²) < 4.78 is 53.0. The van der Waals surface area contributed by atoms with E-state index in [4.69, 9.17) is 11.5 Å². The SMILES string of the molecule is NC(=O)C(C(N)=O)C1CCC(CCN2CCN(c3cc(C(F)(F)F)ccc3F)CC2)CC1. The lowest BCUT2D eigenvalue weighted by molar-refractivity contribution is -0.138. The van der Waals surface area contributed by atoms with Crippen LogP contribution in [0.3, 0.4) is 0 Å². The smallest absolute Gasteiger partial charge is 0.369 e. The van der Waals surface area contributed by atoms with E-state index in [2.05, 4.69) is 4.90 Å². The topological polar surface area (TPSA) is 92.7 Å². The summed E-state index contributed by atoms with van der Waals surface area (Å²) >= 11 is 0. The number of carbonyl (C=O) groups excluding carboxylic acids is 2. The van der Waals surface area contributed by atoms with Crippen molar-refractivity contribution < 1.29 is 27.2 Å². The molecule has 1 aliphatic carbocycles. The molecule has 3 rings (SSSR count). The lowest BCUT2D eigenvalue weighted by Gasteiger charge is -2.37. The molecule has 1 aromatic carbocycles. The lowest BCUT2D eigenvalue weighted by atomic mass is 9.74. The molecule has 0 radical (unpaired) electrons. The predicted octanol–water partition coefficient (Wildman–Crippen LogP) is 2.75. The van der Waals surface area contributed by atoms with Gasteiger partial charge in [-0.1, -0.05) is 12.8 Å². The third kappa shape index (κ3) is 5.90. The van der Waals surface area contributed by atoms with Crippen LogP contribution >= 0.6 is 0 Å². The van der Waals surface area contributed by atoms with Crippen molar-refractivity contribution in [2.24, 2.45) is 29.2 Å². The van der Waals surface area contributed by atoms with Crippen molar-refractivity contribution in [1.29, 1.82) is 0 Å². The Balaban J connectivity index is 1.45. The summed E-state index contributed by atoms with van der Waals surface area (Å²) in [6, 6.07) is 2.52. The van der Waals surface area contributed by atoms with E-state index in [0.29, 0.717) is 32.1 Å². The number of hydrogen-bond acceptors (Lipinski definition) is 4. The second-order valence-corrected chi connectivity index (χ2v) is 8.84. The van der Waals surface area contributed by atoms with Crippen molar-refractivity contribution in [3.63, 3.8) is 0 Å². The van der Waals surface area contributed by atoms with Crippen LogP contribution in [0, 0.1) is 23.6 Å². The van der Waals surface area contributed by atoms with Crippen LogP contribution < -0.4 is 16.4 Å². The molecular weight excluding hydrogens is 428 g/mol. The van der Waals surface area contributed by atoms with Gasteiger partial charge < -0.3 is 16.4 Å². The van der Waals surface area contributed by atoms with Gasteiger partial charge >= 0.3 is 6.18 Å². The summed E-state index contributed by atoms with van der Waals surface area (Å²) in [6.07, 6.45) is -0.261. The van der Waals surface area contributed by atoms with Crippen LogP contribution in [0.2, 0.25) is 0 Å². The number of nitrogens with two attached hydrogens (primary N) is 2. The van der Waals surface area contributed by atoms with Gasteiger partial charge in [0, 0.05) is 26.2 Å². The van der Waals surface area contributed by atoms with E-state index < -0.39 is 35.3 Å². The van der Waals surface area contributed by atoms with Gasteiger partial charge in [-0.05, 0) is 55.8 Å². The maximum absolute atomic E-state index is 14.1. The molecule has 1 heterocycles. The molecule has 0 aromatic heterocycles. The van der Waals surface area contributed by atoms with Gasteiger partial charge in [0.15, 0.2) is 0 Å². The van der Waals surface area contributed by atoms with Gasteiger partial charge in [-0.15, -0.1) is 0 Å². The van der Waals surface area contributed by atoms with Crippen molar-refractivity contribution in [2.45, 2.75) is 38.3 Å². The quantitative estimate of drug-likeness (QED) is 0.486. The predicted molar refractivity (Wildman–Crippen MR) is 112 cm³/mol. The second-order valence-electron chi connectivity index (χ2n) is 8.84. The van der Waals surface area contributed by atoms with Crippen molar-refractivity contribution >= 4 is 17.5 Å². The van der Waals surface area contributed by atoms with Crippen molar-refractivity contribution in [2.75, 3.05) is 37.6 Å². The Morgan fingerprint density at radius 3 is 2.12 bits per heavy atom. The molecule has 6 nitrogen and oxygen atoms in total. The summed E-state index contributed by atoms with van der Waals surface area (Å²) in [4.78, 5) is 26.9. The zero-order valence-electron chi connectivity index (χ0n) is 17.9. The van der Waals surface area contributed by atoms with Crippen LogP contribution in [0.1, 0.15) is 37.7 Å². The third-order valence-electron chi connectivity index (χ3n) is 6.82. The maximum atomic E-state index is 14.1. The molecule has 1 aliphatic heterocycles. The molecule has 1 aromatic rings. The number of amides is 2. The van der Waals surface area contributed by atoms with Gasteiger partial charge in [-0.3, -0.25) is 14.5 Å². The Hall–Kier alpha value is -2.36. The van der Waals surface area contributed by atoms with Crippen molar-refractivity contribution in [1.82, 2.24) is 4.90 Å². The molecule has 2 amide bonds. The molecule has 0 atom stereocenters. The van der Waals surface area contributed by atoms with Gasteiger partial charge in [0.1, 0.15) is 11.7 Å². The molecule has 0 spiro atoms. The Bertz CT molecular complexity index is 803. The molecule has 32 heavy (non-hydrogen) atoms. The summed E-state index contributed by atoms with van der Waals surface area (Å²) in [5, 5.41) is 0. The first-order valence-corrected chi connectivity index (χ1v) is 11.0. The summed E-state index contributed by atoms with van der Waals surface area (Å²) in [5.74, 6) is -2.47. The number of nitrogens with zero attached hydrogens (tertiary/aromatic N) is 2. The van der Waals surface area contributed by atoms with Crippen LogP contribution in [-0.2, 0) is 15.8 Å². The van der Waals surface area contributed by atoms with Crippen LogP contribution in [0.5, 0.6) is 0 Å². The summed E-state index contributed by atoms with van der Waals surface area (Å²) in [5.41, 5.74) is 9.79. The van der Waals surface area contributed by atoms with Crippen LogP contribution in [0.4, 0.5) is 23.2 Å². The number of anilines is 1. The molecule has 0 bridgehead atoms. The van der Waals surface area contributed by atoms with E-state index in [1.807, 2.05) is 0 Å². The Kier molecular flexibility index (Phi) is 7.63. The number of halogens is 4. The molecule has 10 heteroatoms. The van der Waals surface area contributed by atoms with Gasteiger partial charge in [-0.2, -0.15) is 13.2 Å². The normalized spacial score (nSPS) is 22.8. The molecule has 0 unspecified atom stereocenters. The molecule has 178 valence electrons. The maximum Gasteiger partial charge on any atom is 0.416 e. The Morgan fingerprint density at radius 2 is 1.59 bits per heavy atom. The Labute approximate surface area is 184 Å². The number of primary amides is 2. The van der Waals surface area contributed by atoms with E-state index in [1.54, 1.807) is 4.90 Å². The first-order valence-electron chi connectivity index (χ1n) is 11.0. The number of rotatable bonds is 7. The van der Waals surface area contributed by atoms with E-state index in [9.17, 15) is 27.2 Å². The van der Waals surface area contributed by atoms with Gasteiger partial charge in [0.25, 0.3) is 0 Å². The van der Waals surface area contributed by atoms with E-state index in [-0.39, 0.29) is 11.6 Å². The average molecular weight is 459 g/mol. The van der Waals surface area contributed by atoms with Crippen molar-refractivity contribution in [3.8, 4) is 0 Å². The minimum atomic E-state index is -4.50. The highest BCUT2D eigenvalue weighted by Gasteiger charge is 2.35. The van der Waals surface area contributed by atoms with Crippen LogP contribution in [0.15, 0.2) is 18.2 Å². The molecule has 1 saturated heterocycles. The first-order chi connectivity index (χ1) is 15.1. The highest BCUT2D eigenvalue weighted by molar-refractivity contribution is 5.99. The summed E-state index contributed by atoms with van der Waals surface area (Å²) in [7, 11) is 0. The third-order valence-corrected chi connectivity index (χ3v) is 6.82. The molecule has 4 N–H and O–H groups in total. The summed E-state index contributed by atoms with van der Waals surface area (Å²) in [6.45, 7) is 3.07. The zero-order chi connectivity index (χ0) is 23.5. The van der Waals surface area contributed by atoms with Crippen LogP contribution in [-0.4, -0.2) is 49.4 Å². The fraction of sp³-hybridized carbons (Fsp3) is 0.636. The van der Waals surface area contributed by atoms with Gasteiger partial charge in [0.2, 0.25) is 11.8 Å². The monoisotopic (exact) mass is 458 g/mol. The van der Waals surface area contributed by atoms with Gasteiger partial charge in [0.05, 0.1) is 11.3 Å². The first kappa shape index (κ1) is 24.3. The van der Waals surface area contributed by atoms with E-state index in [0.717, 1.165) is 56.8 Å². The van der Waals surface area contributed by atoms with Crippen LogP contribution in [0.25, 0.3) is 0 Å². The fourth-order valence-corrected chi connectivity index (χ4v) is 4.92. The Morgan fingerprint density at radius 1 is 1.00 bits per heavy atom. The average Bonchev–Trinajstić information content (AvgIpc) is 2.73. The lowest BCUT2D eigenvalue weighted by Crippen LogP contribution is -2.47. The molecule has 2 aliphatic rings.